The number of likely N-dealkylation sites (N-methyl/N-ethyl adjacent to an activating group) is 1. The molecule has 176 valence electrons. The van der Waals surface area contributed by atoms with E-state index in [0.717, 1.165) is 30.8 Å². The van der Waals surface area contributed by atoms with Crippen molar-refractivity contribution < 1.29 is 18.0 Å². The molecule has 2 saturated heterocycles. The van der Waals surface area contributed by atoms with Crippen LogP contribution in [0.5, 0.6) is 0 Å². The summed E-state index contributed by atoms with van der Waals surface area (Å²) in [4.78, 5) is 29.4. The average molecular weight is 462 g/mol. The zero-order valence-electron chi connectivity index (χ0n) is 19.8. The van der Waals surface area contributed by atoms with Crippen molar-refractivity contribution in [3.8, 4) is 0 Å². The van der Waals surface area contributed by atoms with Crippen LogP contribution in [0, 0.1) is 17.8 Å². The highest BCUT2D eigenvalue weighted by molar-refractivity contribution is 7.89. The van der Waals surface area contributed by atoms with Crippen LogP contribution in [0.1, 0.15) is 52.5 Å². The van der Waals surface area contributed by atoms with E-state index in [4.69, 9.17) is 0 Å². The predicted octanol–water partition coefficient (Wildman–Crippen LogP) is 2.85. The Kier molecular flexibility index (Phi) is 5.91. The Morgan fingerprint density at radius 1 is 1.06 bits per heavy atom. The van der Waals surface area contributed by atoms with Gasteiger partial charge in [-0.15, -0.1) is 0 Å². The minimum Gasteiger partial charge on any atom is -0.342 e. The van der Waals surface area contributed by atoms with Crippen molar-refractivity contribution >= 4 is 27.5 Å². The Hall–Kier alpha value is -1.93. The van der Waals surface area contributed by atoms with Gasteiger partial charge in [0.15, 0.2) is 0 Å². The van der Waals surface area contributed by atoms with Gasteiger partial charge in [-0.25, -0.2) is 8.42 Å². The monoisotopic (exact) mass is 461 g/mol. The highest BCUT2D eigenvalue weighted by atomic mass is 32.2. The maximum atomic E-state index is 13.4. The number of hydrogen-bond donors (Lipinski definition) is 0. The van der Waals surface area contributed by atoms with Gasteiger partial charge in [0.25, 0.3) is 0 Å². The molecule has 4 rings (SSSR count). The fourth-order valence-corrected chi connectivity index (χ4v) is 7.20. The maximum Gasteiger partial charge on any atom is 0.243 e. The van der Waals surface area contributed by atoms with E-state index in [-0.39, 0.29) is 22.6 Å². The molecule has 0 bridgehead atoms. The number of hydrogen-bond acceptors (Lipinski definition) is 4. The molecule has 0 unspecified atom stereocenters. The largest absolute Gasteiger partial charge is 0.342 e. The van der Waals surface area contributed by atoms with Gasteiger partial charge in [0.1, 0.15) is 0 Å². The number of fused-ring (bicyclic) bond motifs is 1. The van der Waals surface area contributed by atoms with Crippen LogP contribution in [0.2, 0.25) is 0 Å². The third kappa shape index (κ3) is 3.85. The van der Waals surface area contributed by atoms with E-state index in [9.17, 15) is 18.0 Å². The highest BCUT2D eigenvalue weighted by Gasteiger charge is 2.43. The van der Waals surface area contributed by atoms with Gasteiger partial charge in [-0.2, -0.15) is 4.31 Å². The normalized spacial score (nSPS) is 27.0. The summed E-state index contributed by atoms with van der Waals surface area (Å²) in [5.41, 5.74) is 0.746. The number of carbonyl (C=O) groups excluding carboxylic acids is 2. The predicted molar refractivity (Wildman–Crippen MR) is 124 cm³/mol. The SMILES string of the molecule is C[C@@H]1C[C@H](C)CN(C(=O)C2CCN(S(=O)(=O)c3ccc4c(c3)C(C)(C)C(=O)N4C)CC2)C1. The number of sulfonamides is 1. The molecule has 8 heteroatoms. The lowest BCUT2D eigenvalue weighted by molar-refractivity contribution is -0.139. The minimum atomic E-state index is -3.68. The minimum absolute atomic E-state index is 0.0391. The molecule has 3 aliphatic rings. The van der Waals surface area contributed by atoms with Crippen LogP contribution in [0.25, 0.3) is 0 Å². The summed E-state index contributed by atoms with van der Waals surface area (Å²) in [6.07, 6.45) is 2.25. The van der Waals surface area contributed by atoms with E-state index in [1.165, 1.54) is 4.31 Å². The number of carbonyl (C=O) groups is 2. The fraction of sp³-hybridized carbons (Fsp3) is 0.667. The zero-order valence-corrected chi connectivity index (χ0v) is 20.6. The van der Waals surface area contributed by atoms with Crippen LogP contribution >= 0.6 is 0 Å². The standard InChI is InChI=1S/C24H35N3O4S/c1-16-12-17(2)15-26(14-16)22(28)18-8-10-27(11-9-18)32(30,31)19-6-7-21-20(13-19)24(3,4)23(29)25(21)5/h6-7,13,16-18H,8-12,14-15H2,1-5H3/t16-,17+. The summed E-state index contributed by atoms with van der Waals surface area (Å²) < 4.78 is 28.2. The summed E-state index contributed by atoms with van der Waals surface area (Å²) in [5, 5.41) is 0. The molecule has 0 N–H and O–H groups in total. The van der Waals surface area contributed by atoms with Crippen molar-refractivity contribution in [1.29, 1.82) is 0 Å². The van der Waals surface area contributed by atoms with Crippen LogP contribution in [0.4, 0.5) is 5.69 Å². The van der Waals surface area contributed by atoms with Crippen molar-refractivity contribution in [2.24, 2.45) is 17.8 Å². The lowest BCUT2D eigenvalue weighted by atomic mass is 9.86. The summed E-state index contributed by atoms with van der Waals surface area (Å²) in [7, 11) is -1.96. The molecule has 1 aromatic rings. The van der Waals surface area contributed by atoms with Gasteiger partial charge in [-0.05, 0) is 68.7 Å². The first kappa shape index (κ1) is 23.2. The van der Waals surface area contributed by atoms with Gasteiger partial charge in [0.2, 0.25) is 21.8 Å². The summed E-state index contributed by atoms with van der Waals surface area (Å²) in [5.74, 6) is 1.06. The molecular formula is C24H35N3O4S. The molecule has 0 aromatic heterocycles. The van der Waals surface area contributed by atoms with Crippen LogP contribution in [0.3, 0.4) is 0 Å². The highest BCUT2D eigenvalue weighted by Crippen LogP contribution is 2.42. The Labute approximate surface area is 191 Å². The molecule has 2 atom stereocenters. The molecule has 32 heavy (non-hydrogen) atoms. The number of nitrogens with zero attached hydrogens (tertiary/aromatic N) is 3. The second-order valence-electron chi connectivity index (χ2n) is 10.5. The smallest absolute Gasteiger partial charge is 0.243 e. The third-order valence-electron chi connectivity index (χ3n) is 7.46. The van der Waals surface area contributed by atoms with Crippen molar-refractivity contribution in [2.45, 2.75) is 57.3 Å². The second-order valence-corrected chi connectivity index (χ2v) is 12.5. The first-order valence-electron chi connectivity index (χ1n) is 11.6. The van der Waals surface area contributed by atoms with Gasteiger partial charge in [0, 0.05) is 44.8 Å². The van der Waals surface area contributed by atoms with Gasteiger partial charge in [0.05, 0.1) is 10.3 Å². The van der Waals surface area contributed by atoms with Gasteiger partial charge in [-0.1, -0.05) is 13.8 Å². The number of likely N-dealkylation sites (tertiary alicyclic amines) is 1. The first-order valence-corrected chi connectivity index (χ1v) is 13.1. The Morgan fingerprint density at radius 2 is 1.66 bits per heavy atom. The van der Waals surface area contributed by atoms with Crippen LogP contribution < -0.4 is 4.90 Å². The lowest BCUT2D eigenvalue weighted by Crippen LogP contribution is -2.48. The van der Waals surface area contributed by atoms with E-state index in [0.29, 0.717) is 37.8 Å². The number of piperidine rings is 2. The maximum absolute atomic E-state index is 13.4. The van der Waals surface area contributed by atoms with Crippen molar-refractivity contribution in [1.82, 2.24) is 9.21 Å². The fourth-order valence-electron chi connectivity index (χ4n) is 5.71. The van der Waals surface area contributed by atoms with Gasteiger partial charge in [-0.3, -0.25) is 9.59 Å². The molecule has 3 heterocycles. The molecule has 0 saturated carbocycles. The molecule has 7 nitrogen and oxygen atoms in total. The second kappa shape index (κ2) is 8.13. The van der Waals surface area contributed by atoms with E-state index in [2.05, 4.69) is 13.8 Å². The third-order valence-corrected chi connectivity index (χ3v) is 9.36. The summed E-state index contributed by atoms with van der Waals surface area (Å²) in [6, 6.07) is 4.97. The molecule has 3 aliphatic heterocycles. The molecule has 2 fully saturated rings. The van der Waals surface area contributed by atoms with E-state index >= 15 is 0 Å². The molecular weight excluding hydrogens is 426 g/mol. The average Bonchev–Trinajstić information content (AvgIpc) is 2.92. The van der Waals surface area contributed by atoms with E-state index in [1.54, 1.807) is 30.1 Å². The molecule has 2 amide bonds. The Morgan fingerprint density at radius 3 is 2.25 bits per heavy atom. The van der Waals surface area contributed by atoms with Crippen LogP contribution in [-0.4, -0.2) is 62.7 Å². The number of benzene rings is 1. The van der Waals surface area contributed by atoms with Crippen LogP contribution in [0.15, 0.2) is 23.1 Å². The summed E-state index contributed by atoms with van der Waals surface area (Å²) in [6.45, 7) is 10.3. The molecule has 0 aliphatic carbocycles. The molecule has 1 aromatic carbocycles. The molecule has 0 radical (unpaired) electrons. The van der Waals surface area contributed by atoms with Gasteiger partial charge < -0.3 is 9.80 Å². The number of amides is 2. The Balaban J connectivity index is 1.47. The lowest BCUT2D eigenvalue weighted by Gasteiger charge is -2.39. The van der Waals surface area contributed by atoms with Crippen LogP contribution in [-0.2, 0) is 25.0 Å². The van der Waals surface area contributed by atoms with Crippen molar-refractivity contribution in [2.75, 3.05) is 38.1 Å². The van der Waals surface area contributed by atoms with E-state index in [1.807, 2.05) is 18.7 Å². The molecule has 0 spiro atoms. The number of anilines is 1. The summed E-state index contributed by atoms with van der Waals surface area (Å²) >= 11 is 0. The Bertz CT molecular complexity index is 1020. The topological polar surface area (TPSA) is 78.0 Å². The first-order chi connectivity index (χ1) is 14.9. The van der Waals surface area contributed by atoms with Gasteiger partial charge >= 0.3 is 0 Å². The quantitative estimate of drug-likeness (QED) is 0.694. The van der Waals surface area contributed by atoms with E-state index < -0.39 is 15.4 Å². The van der Waals surface area contributed by atoms with Crippen molar-refractivity contribution in [3.63, 3.8) is 0 Å². The zero-order chi connectivity index (χ0) is 23.4. The number of rotatable bonds is 3. The van der Waals surface area contributed by atoms with Crippen molar-refractivity contribution in [3.05, 3.63) is 23.8 Å².